The Morgan fingerprint density at radius 3 is 2.24 bits per heavy atom. The highest BCUT2D eigenvalue weighted by Crippen LogP contribution is 2.33. The second kappa shape index (κ2) is 12.3. The summed E-state index contributed by atoms with van der Waals surface area (Å²) < 4.78 is 11.5. The molecule has 1 saturated heterocycles. The fourth-order valence-electron chi connectivity index (χ4n) is 6.18. The van der Waals surface area contributed by atoms with Gasteiger partial charge < -0.3 is 14.1 Å². The summed E-state index contributed by atoms with van der Waals surface area (Å²) in [4.78, 5) is 33.1. The van der Waals surface area contributed by atoms with E-state index in [4.69, 9.17) is 9.15 Å². The molecule has 7 heteroatoms. The van der Waals surface area contributed by atoms with E-state index in [9.17, 15) is 9.59 Å². The number of ether oxygens (including phenoxy) is 1. The van der Waals surface area contributed by atoms with Crippen LogP contribution in [0.4, 0.5) is 5.69 Å². The van der Waals surface area contributed by atoms with E-state index in [-0.39, 0.29) is 18.5 Å². The van der Waals surface area contributed by atoms with Gasteiger partial charge >= 0.3 is 5.63 Å². The molecule has 0 atom stereocenters. The number of carbonyl (C=O) groups excluding carboxylic acids is 1. The average Bonchev–Trinajstić information content (AvgIpc) is 3.02. The van der Waals surface area contributed by atoms with Gasteiger partial charge in [0, 0.05) is 38.1 Å². The first kappa shape index (κ1) is 27.2. The highest BCUT2D eigenvalue weighted by Gasteiger charge is 2.31. The fraction of sp³-hybridized carbons (Fsp3) is 0.353. The van der Waals surface area contributed by atoms with E-state index in [0.717, 1.165) is 62.1 Å². The molecular weight excluding hydrogens is 514 g/mol. The number of carbonyl (C=O) groups is 1. The molecule has 0 aliphatic carbocycles. The summed E-state index contributed by atoms with van der Waals surface area (Å²) in [6.45, 7) is 6.78. The van der Waals surface area contributed by atoms with E-state index in [1.54, 1.807) is 11.0 Å². The van der Waals surface area contributed by atoms with Gasteiger partial charge in [-0.05, 0) is 54.2 Å². The summed E-state index contributed by atoms with van der Waals surface area (Å²) in [7, 11) is 0. The molecule has 6 rings (SSSR count). The van der Waals surface area contributed by atoms with Crippen LogP contribution in [0, 0.1) is 0 Å². The summed E-state index contributed by atoms with van der Waals surface area (Å²) >= 11 is 0. The first-order valence-corrected chi connectivity index (χ1v) is 14.7. The Kier molecular flexibility index (Phi) is 8.16. The SMILES string of the molecule is CCCOc1ccc2oc(=O)c3c(c2c1)CCCN3C(=O)CN1CCN(C(c2ccccc2)c2ccccc2)CC1. The van der Waals surface area contributed by atoms with Gasteiger partial charge in [-0.15, -0.1) is 0 Å². The minimum atomic E-state index is -0.443. The molecule has 1 fully saturated rings. The van der Waals surface area contributed by atoms with Crippen LogP contribution in [-0.4, -0.2) is 61.6 Å². The summed E-state index contributed by atoms with van der Waals surface area (Å²) in [5, 5.41) is 0.854. The number of hydrogen-bond donors (Lipinski definition) is 0. The molecule has 1 aromatic heterocycles. The highest BCUT2D eigenvalue weighted by atomic mass is 16.5. The third-order valence-corrected chi connectivity index (χ3v) is 8.17. The molecule has 41 heavy (non-hydrogen) atoms. The number of amides is 1. The highest BCUT2D eigenvalue weighted by molar-refractivity contribution is 5.98. The minimum absolute atomic E-state index is 0.0490. The van der Waals surface area contributed by atoms with Crippen LogP contribution in [0.2, 0.25) is 0 Å². The lowest BCUT2D eigenvalue weighted by molar-refractivity contribution is -0.120. The second-order valence-electron chi connectivity index (χ2n) is 10.9. The lowest BCUT2D eigenvalue weighted by Gasteiger charge is -2.40. The zero-order valence-corrected chi connectivity index (χ0v) is 23.6. The third-order valence-electron chi connectivity index (χ3n) is 8.17. The maximum absolute atomic E-state index is 13.6. The van der Waals surface area contributed by atoms with E-state index in [1.165, 1.54) is 11.1 Å². The number of piperazine rings is 1. The number of hydrogen-bond acceptors (Lipinski definition) is 6. The van der Waals surface area contributed by atoms with Crippen LogP contribution < -0.4 is 15.3 Å². The van der Waals surface area contributed by atoms with Crippen molar-refractivity contribution >= 4 is 22.6 Å². The Labute approximate surface area is 240 Å². The predicted molar refractivity (Wildman–Crippen MR) is 162 cm³/mol. The lowest BCUT2D eigenvalue weighted by atomic mass is 9.96. The van der Waals surface area contributed by atoms with Gasteiger partial charge in [-0.3, -0.25) is 14.6 Å². The molecule has 2 aliphatic rings. The van der Waals surface area contributed by atoms with Crippen molar-refractivity contribution in [3.05, 3.63) is 106 Å². The van der Waals surface area contributed by atoms with Crippen molar-refractivity contribution in [3.8, 4) is 5.75 Å². The van der Waals surface area contributed by atoms with Crippen LogP contribution in [0.5, 0.6) is 5.75 Å². The largest absolute Gasteiger partial charge is 0.494 e. The maximum Gasteiger partial charge on any atom is 0.360 e. The van der Waals surface area contributed by atoms with Crippen molar-refractivity contribution in [2.45, 2.75) is 32.2 Å². The monoisotopic (exact) mass is 551 g/mol. The van der Waals surface area contributed by atoms with Gasteiger partial charge in [-0.25, -0.2) is 4.79 Å². The minimum Gasteiger partial charge on any atom is -0.494 e. The molecule has 3 aromatic carbocycles. The van der Waals surface area contributed by atoms with Gasteiger partial charge in [0.2, 0.25) is 5.91 Å². The first-order valence-electron chi connectivity index (χ1n) is 14.7. The second-order valence-corrected chi connectivity index (χ2v) is 10.9. The molecule has 3 heterocycles. The zero-order valence-electron chi connectivity index (χ0n) is 23.6. The molecule has 0 bridgehead atoms. The number of aryl methyl sites for hydroxylation is 1. The van der Waals surface area contributed by atoms with Crippen LogP contribution in [0.3, 0.4) is 0 Å². The topological polar surface area (TPSA) is 66.2 Å². The Morgan fingerprint density at radius 2 is 1.59 bits per heavy atom. The standard InChI is InChI=1S/C34H37N3O4/c1-2-22-40-27-15-16-30-29(23-27)28-14-9-17-37(33(28)34(39)41-30)31(38)24-35-18-20-36(21-19-35)32(25-10-5-3-6-11-25)26-12-7-4-8-13-26/h3-8,10-13,15-16,23,32H,2,9,14,17-22,24H2,1H3. The van der Waals surface area contributed by atoms with Crippen molar-refractivity contribution in [1.29, 1.82) is 0 Å². The van der Waals surface area contributed by atoms with E-state index in [1.807, 2.05) is 12.1 Å². The van der Waals surface area contributed by atoms with Gasteiger partial charge in [0.15, 0.2) is 0 Å². The van der Waals surface area contributed by atoms with E-state index in [0.29, 0.717) is 24.4 Å². The lowest BCUT2D eigenvalue weighted by Crippen LogP contribution is -2.52. The van der Waals surface area contributed by atoms with Gasteiger partial charge in [-0.2, -0.15) is 0 Å². The number of nitrogens with zero attached hydrogens (tertiary/aromatic N) is 3. The Hall–Kier alpha value is -3.94. The number of anilines is 1. The van der Waals surface area contributed by atoms with Crippen molar-refractivity contribution < 1.29 is 13.9 Å². The normalized spacial score (nSPS) is 16.2. The average molecular weight is 552 g/mol. The summed E-state index contributed by atoms with van der Waals surface area (Å²) in [6, 6.07) is 27.0. The molecule has 0 saturated carbocycles. The molecule has 0 spiro atoms. The van der Waals surface area contributed by atoms with Crippen LogP contribution in [0.1, 0.15) is 42.5 Å². The Balaban J connectivity index is 1.17. The molecule has 212 valence electrons. The molecule has 2 aliphatic heterocycles. The molecule has 7 nitrogen and oxygen atoms in total. The van der Waals surface area contributed by atoms with Crippen molar-refractivity contribution in [2.24, 2.45) is 0 Å². The summed E-state index contributed by atoms with van der Waals surface area (Å²) in [6.07, 6.45) is 2.45. The number of rotatable bonds is 8. The molecule has 0 radical (unpaired) electrons. The molecule has 0 unspecified atom stereocenters. The quantitative estimate of drug-likeness (QED) is 0.278. The van der Waals surface area contributed by atoms with Crippen LogP contribution in [0.15, 0.2) is 88.1 Å². The fourth-order valence-corrected chi connectivity index (χ4v) is 6.18. The van der Waals surface area contributed by atoms with Crippen molar-refractivity contribution in [3.63, 3.8) is 0 Å². The molecule has 4 aromatic rings. The zero-order chi connectivity index (χ0) is 28.2. The maximum atomic E-state index is 13.6. The van der Waals surface area contributed by atoms with Gasteiger partial charge in [0.1, 0.15) is 17.0 Å². The van der Waals surface area contributed by atoms with Crippen LogP contribution in [-0.2, 0) is 11.2 Å². The molecular formula is C34H37N3O4. The number of fused-ring (bicyclic) bond motifs is 3. The van der Waals surface area contributed by atoms with E-state index >= 15 is 0 Å². The van der Waals surface area contributed by atoms with E-state index in [2.05, 4.69) is 77.4 Å². The Morgan fingerprint density at radius 1 is 0.902 bits per heavy atom. The number of benzene rings is 3. The summed E-state index contributed by atoms with van der Waals surface area (Å²) in [5.74, 6) is 0.702. The van der Waals surface area contributed by atoms with Gasteiger partial charge in [0.25, 0.3) is 0 Å². The van der Waals surface area contributed by atoms with Gasteiger partial charge in [0.05, 0.1) is 19.2 Å². The van der Waals surface area contributed by atoms with Crippen molar-refractivity contribution in [2.75, 3.05) is 50.8 Å². The van der Waals surface area contributed by atoms with Crippen LogP contribution >= 0.6 is 0 Å². The first-order chi connectivity index (χ1) is 20.1. The third kappa shape index (κ3) is 5.78. The predicted octanol–water partition coefficient (Wildman–Crippen LogP) is 5.27. The van der Waals surface area contributed by atoms with Crippen LogP contribution in [0.25, 0.3) is 11.0 Å². The molecule has 1 amide bonds. The summed E-state index contributed by atoms with van der Waals surface area (Å²) in [5.41, 5.74) is 3.92. The van der Waals surface area contributed by atoms with Crippen molar-refractivity contribution in [1.82, 2.24) is 9.80 Å². The Bertz CT molecular complexity index is 1510. The van der Waals surface area contributed by atoms with Gasteiger partial charge in [-0.1, -0.05) is 67.6 Å². The van der Waals surface area contributed by atoms with E-state index < -0.39 is 5.63 Å². The smallest absolute Gasteiger partial charge is 0.360 e. The molecule has 0 N–H and O–H groups in total.